The summed E-state index contributed by atoms with van der Waals surface area (Å²) in [5.74, 6) is -4.18. The van der Waals surface area contributed by atoms with E-state index in [2.05, 4.69) is 10.6 Å². The lowest BCUT2D eigenvalue weighted by Crippen LogP contribution is -2.59. The molecular weight excluding hydrogens is 322 g/mol. The topological polar surface area (TPSA) is 95.5 Å². The number of benzene rings is 1. The van der Waals surface area contributed by atoms with E-state index in [1.165, 1.54) is 6.07 Å². The summed E-state index contributed by atoms with van der Waals surface area (Å²) >= 11 is 0. The summed E-state index contributed by atoms with van der Waals surface area (Å²) in [4.78, 5) is 34.8. The Balaban J connectivity index is 2.19. The van der Waals surface area contributed by atoms with Crippen molar-refractivity contribution in [2.24, 2.45) is 0 Å². The molecule has 0 unspecified atom stereocenters. The van der Waals surface area contributed by atoms with Crippen LogP contribution in [0.1, 0.15) is 44.2 Å². The van der Waals surface area contributed by atoms with Gasteiger partial charge in [-0.2, -0.15) is 0 Å². The summed E-state index contributed by atoms with van der Waals surface area (Å²) < 4.78 is 27.9. The van der Waals surface area contributed by atoms with Gasteiger partial charge in [-0.05, 0) is 31.4 Å². The van der Waals surface area contributed by atoms with Gasteiger partial charge in [-0.25, -0.2) is 13.6 Å². The number of halogens is 2. The van der Waals surface area contributed by atoms with E-state index in [9.17, 15) is 28.3 Å². The minimum Gasteiger partial charge on any atom is -0.480 e. The first-order valence-electron chi connectivity index (χ1n) is 7.50. The van der Waals surface area contributed by atoms with Crippen molar-refractivity contribution in [3.8, 4) is 0 Å². The Bertz CT molecular complexity index is 654. The fourth-order valence-electron chi connectivity index (χ4n) is 2.74. The first-order chi connectivity index (χ1) is 11.2. The fraction of sp³-hybridized carbons (Fsp3) is 0.438. The van der Waals surface area contributed by atoms with E-state index < -0.39 is 53.0 Å². The molecule has 0 bridgehead atoms. The van der Waals surface area contributed by atoms with Gasteiger partial charge in [-0.15, -0.1) is 0 Å². The highest BCUT2D eigenvalue weighted by molar-refractivity contribution is 5.88. The first kappa shape index (κ1) is 17.8. The van der Waals surface area contributed by atoms with Crippen LogP contribution in [-0.2, 0) is 14.4 Å². The minimum absolute atomic E-state index is 0.299. The van der Waals surface area contributed by atoms with Crippen molar-refractivity contribution < 1.29 is 28.3 Å². The summed E-state index contributed by atoms with van der Waals surface area (Å²) in [5, 5.41) is 14.0. The molecule has 0 aliphatic heterocycles. The zero-order valence-electron chi connectivity index (χ0n) is 13.1. The van der Waals surface area contributed by atoms with Gasteiger partial charge in [0, 0.05) is 12.5 Å². The van der Waals surface area contributed by atoms with Crippen molar-refractivity contribution in [1.82, 2.24) is 10.6 Å². The Morgan fingerprint density at radius 3 is 2.25 bits per heavy atom. The molecule has 6 nitrogen and oxygen atoms in total. The smallest absolute Gasteiger partial charge is 0.329 e. The van der Waals surface area contributed by atoms with Crippen LogP contribution in [0.2, 0.25) is 0 Å². The molecule has 1 fully saturated rings. The summed E-state index contributed by atoms with van der Waals surface area (Å²) in [7, 11) is 0. The first-order valence-corrected chi connectivity index (χ1v) is 7.50. The molecule has 1 atom stereocenters. The summed E-state index contributed by atoms with van der Waals surface area (Å²) in [6.45, 7) is 1.16. The van der Waals surface area contributed by atoms with Crippen molar-refractivity contribution in [2.75, 3.05) is 0 Å². The van der Waals surface area contributed by atoms with Crippen LogP contribution in [-0.4, -0.2) is 28.4 Å². The predicted octanol–water partition coefficient (Wildman–Crippen LogP) is 1.66. The van der Waals surface area contributed by atoms with E-state index in [4.69, 9.17) is 0 Å². The maximum Gasteiger partial charge on any atom is 0.329 e. The molecule has 2 amide bonds. The molecule has 1 aliphatic rings. The number of amides is 2. The molecule has 1 saturated carbocycles. The molecule has 24 heavy (non-hydrogen) atoms. The number of hydrogen-bond acceptors (Lipinski definition) is 3. The molecule has 1 aromatic rings. The second-order valence-electron chi connectivity index (χ2n) is 5.88. The standard InChI is InChI=1S/C16H18F2N2O4/c1-9(21)19-12(14-10(17)4-2-5-11(14)18)8-13(22)20-16(15(23)24)6-3-7-16/h2,4-5,12H,3,6-8H2,1H3,(H,19,21)(H,20,22)(H,23,24)/t12-/m1/s1. The third kappa shape index (κ3) is 3.69. The highest BCUT2D eigenvalue weighted by Crippen LogP contribution is 2.32. The minimum atomic E-state index is -1.33. The second kappa shape index (κ2) is 6.94. The SMILES string of the molecule is CC(=O)N[C@H](CC(=O)NC1(C(=O)O)CCC1)c1c(F)cccc1F. The normalized spacial score (nSPS) is 16.6. The highest BCUT2D eigenvalue weighted by atomic mass is 19.1. The van der Waals surface area contributed by atoms with Gasteiger partial charge in [-0.3, -0.25) is 9.59 Å². The van der Waals surface area contributed by atoms with Crippen LogP contribution in [0.4, 0.5) is 8.78 Å². The molecule has 1 aromatic carbocycles. The molecular formula is C16H18F2N2O4. The number of hydrogen-bond donors (Lipinski definition) is 3. The molecule has 130 valence electrons. The maximum absolute atomic E-state index is 13.9. The lowest BCUT2D eigenvalue weighted by Gasteiger charge is -2.38. The third-order valence-corrected chi connectivity index (χ3v) is 4.11. The lowest BCUT2D eigenvalue weighted by atomic mass is 9.76. The van der Waals surface area contributed by atoms with Gasteiger partial charge in [0.05, 0.1) is 12.5 Å². The number of carbonyl (C=O) groups excluding carboxylic acids is 2. The van der Waals surface area contributed by atoms with E-state index in [1.807, 2.05) is 0 Å². The molecule has 8 heteroatoms. The molecule has 3 N–H and O–H groups in total. The van der Waals surface area contributed by atoms with Gasteiger partial charge in [0.2, 0.25) is 11.8 Å². The number of rotatable bonds is 6. The van der Waals surface area contributed by atoms with Crippen molar-refractivity contribution in [1.29, 1.82) is 0 Å². The van der Waals surface area contributed by atoms with Crippen molar-refractivity contribution >= 4 is 17.8 Å². The maximum atomic E-state index is 13.9. The van der Waals surface area contributed by atoms with Crippen LogP contribution in [0.15, 0.2) is 18.2 Å². The van der Waals surface area contributed by atoms with Crippen molar-refractivity contribution in [3.63, 3.8) is 0 Å². The van der Waals surface area contributed by atoms with E-state index >= 15 is 0 Å². The number of aliphatic carboxylic acids is 1. The lowest BCUT2D eigenvalue weighted by molar-refractivity contribution is -0.152. The summed E-state index contributed by atoms with van der Waals surface area (Å²) in [6.07, 6.45) is 0.802. The molecule has 2 rings (SSSR count). The number of carboxylic acids is 1. The van der Waals surface area contributed by atoms with Gasteiger partial charge in [0.1, 0.15) is 17.2 Å². The molecule has 0 radical (unpaired) electrons. The zero-order chi connectivity index (χ0) is 17.9. The van der Waals surface area contributed by atoms with Gasteiger partial charge >= 0.3 is 5.97 Å². The van der Waals surface area contributed by atoms with Crippen molar-refractivity contribution in [3.05, 3.63) is 35.4 Å². The van der Waals surface area contributed by atoms with E-state index in [1.54, 1.807) is 0 Å². The van der Waals surface area contributed by atoms with Crippen LogP contribution < -0.4 is 10.6 Å². The van der Waals surface area contributed by atoms with Gasteiger partial charge < -0.3 is 15.7 Å². The summed E-state index contributed by atoms with van der Waals surface area (Å²) in [5.41, 5.74) is -1.76. The van der Waals surface area contributed by atoms with Gasteiger partial charge in [-0.1, -0.05) is 6.07 Å². The number of carbonyl (C=O) groups is 3. The molecule has 0 heterocycles. The molecule has 0 aromatic heterocycles. The van der Waals surface area contributed by atoms with E-state index in [0.29, 0.717) is 19.3 Å². The van der Waals surface area contributed by atoms with Crippen LogP contribution >= 0.6 is 0 Å². The van der Waals surface area contributed by atoms with Gasteiger partial charge in [0.25, 0.3) is 0 Å². The second-order valence-corrected chi connectivity index (χ2v) is 5.88. The monoisotopic (exact) mass is 340 g/mol. The largest absolute Gasteiger partial charge is 0.480 e. The molecule has 0 spiro atoms. The van der Waals surface area contributed by atoms with Crippen LogP contribution in [0.5, 0.6) is 0 Å². The fourth-order valence-corrected chi connectivity index (χ4v) is 2.74. The van der Waals surface area contributed by atoms with E-state index in [-0.39, 0.29) is 0 Å². The van der Waals surface area contributed by atoms with Crippen LogP contribution in [0, 0.1) is 11.6 Å². The number of nitrogens with one attached hydrogen (secondary N) is 2. The quantitative estimate of drug-likeness (QED) is 0.734. The Hall–Kier alpha value is -2.51. The molecule has 1 aliphatic carbocycles. The third-order valence-electron chi connectivity index (χ3n) is 4.11. The average molecular weight is 340 g/mol. The predicted molar refractivity (Wildman–Crippen MR) is 79.9 cm³/mol. The molecule has 0 saturated heterocycles. The van der Waals surface area contributed by atoms with Crippen LogP contribution in [0.25, 0.3) is 0 Å². The highest BCUT2D eigenvalue weighted by Gasteiger charge is 2.45. The average Bonchev–Trinajstić information content (AvgIpc) is 2.41. The van der Waals surface area contributed by atoms with Gasteiger partial charge in [0.15, 0.2) is 0 Å². The Morgan fingerprint density at radius 1 is 1.25 bits per heavy atom. The van der Waals surface area contributed by atoms with Crippen molar-refractivity contribution in [2.45, 2.75) is 44.2 Å². The Morgan fingerprint density at radius 2 is 1.83 bits per heavy atom. The van der Waals surface area contributed by atoms with Crippen LogP contribution in [0.3, 0.4) is 0 Å². The zero-order valence-corrected chi connectivity index (χ0v) is 13.1. The number of carboxylic acid groups (broad SMARTS) is 1. The Kier molecular flexibility index (Phi) is 5.16. The van der Waals surface area contributed by atoms with E-state index in [0.717, 1.165) is 19.1 Å². The summed E-state index contributed by atoms with van der Waals surface area (Å²) in [6, 6.07) is 1.99. The Labute approximate surface area is 137 Å².